The second-order valence-corrected chi connectivity index (χ2v) is 9.07. The number of halogens is 2. The van der Waals surface area contributed by atoms with Gasteiger partial charge in [-0.2, -0.15) is 0 Å². The van der Waals surface area contributed by atoms with Crippen LogP contribution in [0.4, 0.5) is 5.69 Å². The Kier molecular flexibility index (Phi) is 9.20. The topological polar surface area (TPSA) is 107 Å². The summed E-state index contributed by atoms with van der Waals surface area (Å²) in [5.74, 6) is 1.25. The predicted octanol–water partition coefficient (Wildman–Crippen LogP) is 4.39. The molecule has 180 valence electrons. The van der Waals surface area contributed by atoms with Crippen LogP contribution in [-0.4, -0.2) is 46.6 Å². The number of hydrogen-bond acceptors (Lipinski definition) is 7. The predicted molar refractivity (Wildman–Crippen MR) is 135 cm³/mol. The Bertz CT molecular complexity index is 1190. The van der Waals surface area contributed by atoms with E-state index in [9.17, 15) is 9.59 Å². The molecule has 2 amide bonds. The SMILES string of the molecule is CCn1c(CNC(=O)c2ccc(OC)c(OC)c2)nnc1SCC(=O)Nc1ccc(Br)c(Cl)c1. The van der Waals surface area contributed by atoms with Gasteiger partial charge in [0.1, 0.15) is 0 Å². The minimum Gasteiger partial charge on any atom is -0.493 e. The van der Waals surface area contributed by atoms with E-state index in [1.54, 1.807) is 36.4 Å². The van der Waals surface area contributed by atoms with Gasteiger partial charge in [0.2, 0.25) is 5.91 Å². The first kappa shape index (κ1) is 25.9. The standard InChI is InChI=1S/C22H23BrClN5O4S/c1-4-29-19(11-25-21(31)13-5-8-17(32-2)18(9-13)33-3)27-28-22(29)34-12-20(30)26-14-6-7-15(23)16(24)10-14/h5-10H,4,11-12H2,1-3H3,(H,25,31)(H,26,30). The Morgan fingerprint density at radius 1 is 1.12 bits per heavy atom. The Hall–Kier alpha value is -2.76. The summed E-state index contributed by atoms with van der Waals surface area (Å²) in [5, 5.41) is 15.1. The molecule has 0 spiro atoms. The fraction of sp³-hybridized carbons (Fsp3) is 0.273. The van der Waals surface area contributed by atoms with Crippen molar-refractivity contribution in [1.29, 1.82) is 0 Å². The first-order chi connectivity index (χ1) is 16.4. The second-order valence-electron chi connectivity index (χ2n) is 6.86. The summed E-state index contributed by atoms with van der Waals surface area (Å²) in [6.45, 7) is 2.70. The average Bonchev–Trinajstić information content (AvgIpc) is 3.24. The number of benzene rings is 2. The van der Waals surface area contributed by atoms with Gasteiger partial charge in [-0.15, -0.1) is 10.2 Å². The van der Waals surface area contributed by atoms with Crippen LogP contribution in [0.2, 0.25) is 5.02 Å². The summed E-state index contributed by atoms with van der Waals surface area (Å²) in [4.78, 5) is 24.9. The van der Waals surface area contributed by atoms with Gasteiger partial charge in [0, 0.05) is 22.3 Å². The molecular formula is C22H23BrClN5O4S. The lowest BCUT2D eigenvalue weighted by molar-refractivity contribution is -0.113. The van der Waals surface area contributed by atoms with Crippen LogP contribution in [0.15, 0.2) is 46.0 Å². The van der Waals surface area contributed by atoms with Gasteiger partial charge < -0.3 is 24.7 Å². The van der Waals surface area contributed by atoms with E-state index in [1.165, 1.54) is 26.0 Å². The third-order valence-corrected chi connectivity index (χ3v) is 6.90. The number of carbonyl (C=O) groups excluding carboxylic acids is 2. The number of anilines is 1. The van der Waals surface area contributed by atoms with Gasteiger partial charge in [-0.1, -0.05) is 23.4 Å². The lowest BCUT2D eigenvalue weighted by Gasteiger charge is -2.11. The van der Waals surface area contributed by atoms with Crippen LogP contribution in [0, 0.1) is 0 Å². The third-order valence-electron chi connectivity index (χ3n) is 4.70. The van der Waals surface area contributed by atoms with Crippen LogP contribution in [0.3, 0.4) is 0 Å². The molecule has 0 saturated carbocycles. The number of rotatable bonds is 10. The molecule has 0 unspecified atom stereocenters. The highest BCUT2D eigenvalue weighted by molar-refractivity contribution is 9.10. The van der Waals surface area contributed by atoms with E-state index in [0.29, 0.717) is 45.3 Å². The molecule has 0 atom stereocenters. The van der Waals surface area contributed by atoms with Crippen LogP contribution < -0.4 is 20.1 Å². The van der Waals surface area contributed by atoms with Crippen molar-refractivity contribution in [1.82, 2.24) is 20.1 Å². The third kappa shape index (κ3) is 6.43. The molecule has 12 heteroatoms. The highest BCUT2D eigenvalue weighted by Gasteiger charge is 2.16. The number of nitrogens with one attached hydrogen (secondary N) is 2. The quantitative estimate of drug-likeness (QED) is 0.349. The molecule has 0 bridgehead atoms. The van der Waals surface area contributed by atoms with Crippen LogP contribution in [0.1, 0.15) is 23.1 Å². The monoisotopic (exact) mass is 567 g/mol. The molecule has 0 aliphatic heterocycles. The van der Waals surface area contributed by atoms with Crippen molar-refractivity contribution in [2.75, 3.05) is 25.3 Å². The molecule has 0 saturated heterocycles. The zero-order valence-electron chi connectivity index (χ0n) is 18.7. The van der Waals surface area contributed by atoms with Crippen molar-refractivity contribution in [3.63, 3.8) is 0 Å². The number of carbonyl (C=O) groups is 2. The Morgan fingerprint density at radius 3 is 2.56 bits per heavy atom. The molecule has 1 aromatic heterocycles. The molecule has 3 rings (SSSR count). The number of nitrogens with zero attached hydrogens (tertiary/aromatic N) is 3. The summed E-state index contributed by atoms with van der Waals surface area (Å²) < 4.78 is 13.1. The maximum atomic E-state index is 12.6. The number of amides is 2. The van der Waals surface area contributed by atoms with E-state index in [-0.39, 0.29) is 24.1 Å². The largest absolute Gasteiger partial charge is 0.493 e. The highest BCUT2D eigenvalue weighted by Crippen LogP contribution is 2.28. The van der Waals surface area contributed by atoms with E-state index in [0.717, 1.165) is 4.47 Å². The molecule has 0 aliphatic rings. The van der Waals surface area contributed by atoms with Gasteiger partial charge >= 0.3 is 0 Å². The van der Waals surface area contributed by atoms with Crippen LogP contribution in [0.5, 0.6) is 11.5 Å². The van der Waals surface area contributed by atoms with Gasteiger partial charge in [-0.25, -0.2) is 0 Å². The second kappa shape index (κ2) is 12.1. The van der Waals surface area contributed by atoms with Crippen LogP contribution in [-0.2, 0) is 17.9 Å². The maximum Gasteiger partial charge on any atom is 0.251 e. The molecule has 0 aliphatic carbocycles. The first-order valence-corrected chi connectivity index (χ1v) is 12.3. The smallest absolute Gasteiger partial charge is 0.251 e. The van der Waals surface area contributed by atoms with E-state index in [2.05, 4.69) is 36.8 Å². The van der Waals surface area contributed by atoms with E-state index >= 15 is 0 Å². The maximum absolute atomic E-state index is 12.6. The summed E-state index contributed by atoms with van der Waals surface area (Å²) in [6, 6.07) is 10.1. The van der Waals surface area contributed by atoms with Gasteiger partial charge in [0.25, 0.3) is 5.91 Å². The number of hydrogen-bond donors (Lipinski definition) is 2. The van der Waals surface area contributed by atoms with Crippen molar-refractivity contribution >= 4 is 56.8 Å². The lowest BCUT2D eigenvalue weighted by Crippen LogP contribution is -2.25. The highest BCUT2D eigenvalue weighted by atomic mass is 79.9. The number of thioether (sulfide) groups is 1. The number of methoxy groups -OCH3 is 2. The van der Waals surface area contributed by atoms with E-state index in [4.69, 9.17) is 21.1 Å². The van der Waals surface area contributed by atoms with Crippen molar-refractivity contribution in [2.45, 2.75) is 25.2 Å². The molecule has 9 nitrogen and oxygen atoms in total. The first-order valence-electron chi connectivity index (χ1n) is 10.2. The van der Waals surface area contributed by atoms with E-state index in [1.807, 2.05) is 11.5 Å². The molecule has 34 heavy (non-hydrogen) atoms. The summed E-state index contributed by atoms with van der Waals surface area (Å²) in [5.41, 5.74) is 1.04. The Balaban J connectivity index is 1.58. The summed E-state index contributed by atoms with van der Waals surface area (Å²) >= 11 is 10.6. The van der Waals surface area contributed by atoms with Crippen molar-refractivity contribution < 1.29 is 19.1 Å². The lowest BCUT2D eigenvalue weighted by atomic mass is 10.2. The molecular weight excluding hydrogens is 546 g/mol. The van der Waals surface area contributed by atoms with Crippen molar-refractivity contribution in [3.8, 4) is 11.5 Å². The van der Waals surface area contributed by atoms with Gasteiger partial charge in [-0.3, -0.25) is 9.59 Å². The summed E-state index contributed by atoms with van der Waals surface area (Å²) in [6.07, 6.45) is 0. The minimum absolute atomic E-state index is 0.143. The molecule has 1 heterocycles. The molecule has 0 fully saturated rings. The zero-order valence-corrected chi connectivity index (χ0v) is 21.9. The van der Waals surface area contributed by atoms with Crippen LogP contribution >= 0.6 is 39.3 Å². The van der Waals surface area contributed by atoms with Crippen molar-refractivity contribution in [2.24, 2.45) is 0 Å². The van der Waals surface area contributed by atoms with E-state index < -0.39 is 0 Å². The Morgan fingerprint density at radius 2 is 1.88 bits per heavy atom. The Labute approximate surface area is 214 Å². The fourth-order valence-corrected chi connectivity index (χ4v) is 4.26. The normalized spacial score (nSPS) is 10.6. The fourth-order valence-electron chi connectivity index (χ4n) is 3.01. The zero-order chi connectivity index (χ0) is 24.7. The number of ether oxygens (including phenoxy) is 2. The van der Waals surface area contributed by atoms with Crippen LogP contribution in [0.25, 0.3) is 0 Å². The van der Waals surface area contributed by atoms with Gasteiger partial charge in [0.15, 0.2) is 22.5 Å². The minimum atomic E-state index is -0.284. The molecule has 2 aromatic carbocycles. The van der Waals surface area contributed by atoms with Gasteiger partial charge in [0.05, 0.1) is 31.5 Å². The molecule has 2 N–H and O–H groups in total. The van der Waals surface area contributed by atoms with Gasteiger partial charge in [-0.05, 0) is 59.3 Å². The number of aromatic nitrogens is 3. The average molecular weight is 569 g/mol. The molecule has 3 aromatic rings. The molecule has 0 radical (unpaired) electrons. The van der Waals surface area contributed by atoms with Crippen molar-refractivity contribution in [3.05, 3.63) is 57.3 Å². The summed E-state index contributed by atoms with van der Waals surface area (Å²) in [7, 11) is 3.04.